The molecule has 1 amide bonds. The van der Waals surface area contributed by atoms with Crippen molar-refractivity contribution in [1.29, 1.82) is 0 Å². The predicted octanol–water partition coefficient (Wildman–Crippen LogP) is 2.74. The zero-order chi connectivity index (χ0) is 17.0. The van der Waals surface area contributed by atoms with Crippen LogP contribution in [0.5, 0.6) is 0 Å². The largest absolute Gasteiger partial charge is 0.421 e. The van der Waals surface area contributed by atoms with Crippen molar-refractivity contribution < 1.29 is 14.3 Å². The summed E-state index contributed by atoms with van der Waals surface area (Å²) in [4.78, 5) is 11.9. The number of carbonyl (C=O) groups is 1. The number of halogens is 1. The number of amides is 1. The van der Waals surface area contributed by atoms with Crippen LogP contribution in [0.15, 0.2) is 28.7 Å². The van der Waals surface area contributed by atoms with E-state index in [0.29, 0.717) is 29.8 Å². The van der Waals surface area contributed by atoms with Crippen LogP contribution in [0.3, 0.4) is 0 Å². The lowest BCUT2D eigenvalue weighted by atomic mass is 10.0. The van der Waals surface area contributed by atoms with Gasteiger partial charge in [-0.3, -0.25) is 4.79 Å². The van der Waals surface area contributed by atoms with Gasteiger partial charge < -0.3 is 14.8 Å². The van der Waals surface area contributed by atoms with Crippen molar-refractivity contribution in [3.8, 4) is 11.5 Å². The van der Waals surface area contributed by atoms with E-state index in [-0.39, 0.29) is 12.3 Å². The average molecular weight is 350 g/mol. The van der Waals surface area contributed by atoms with Gasteiger partial charge in [0.1, 0.15) is 0 Å². The smallest absolute Gasteiger partial charge is 0.247 e. The van der Waals surface area contributed by atoms with Crippen molar-refractivity contribution in [2.24, 2.45) is 0 Å². The number of carbonyl (C=O) groups excluding carboxylic acids is 1. The highest BCUT2D eigenvalue weighted by molar-refractivity contribution is 6.30. The topological polar surface area (TPSA) is 88.2 Å². The van der Waals surface area contributed by atoms with Crippen LogP contribution in [0.4, 0.5) is 0 Å². The van der Waals surface area contributed by atoms with Gasteiger partial charge in [-0.2, -0.15) is 0 Å². The molecule has 1 heterocycles. The minimum atomic E-state index is -0.734. The summed E-state index contributed by atoms with van der Waals surface area (Å²) in [6.07, 6.45) is 4.15. The Morgan fingerprint density at radius 1 is 1.25 bits per heavy atom. The monoisotopic (exact) mass is 349 g/mol. The molecule has 7 heteroatoms. The SMILES string of the molecule is O=C(CCc1nnc(-c2ccc(Cl)cc2)o1)NCC1(O)CCCC1. The number of hydrogen-bond acceptors (Lipinski definition) is 5. The first-order chi connectivity index (χ1) is 11.5. The van der Waals surface area contributed by atoms with Gasteiger partial charge >= 0.3 is 0 Å². The summed E-state index contributed by atoms with van der Waals surface area (Å²) in [6.45, 7) is 0.311. The summed E-state index contributed by atoms with van der Waals surface area (Å²) in [5.41, 5.74) is 0.0492. The van der Waals surface area contributed by atoms with Gasteiger partial charge in [-0.15, -0.1) is 10.2 Å². The van der Waals surface area contributed by atoms with Crippen molar-refractivity contribution in [3.05, 3.63) is 35.2 Å². The lowest BCUT2D eigenvalue weighted by molar-refractivity contribution is -0.122. The number of nitrogens with zero attached hydrogens (tertiary/aromatic N) is 2. The summed E-state index contributed by atoms with van der Waals surface area (Å²) < 4.78 is 5.56. The van der Waals surface area contributed by atoms with Gasteiger partial charge in [-0.05, 0) is 37.1 Å². The van der Waals surface area contributed by atoms with Crippen LogP contribution in [0.2, 0.25) is 5.02 Å². The van der Waals surface area contributed by atoms with Gasteiger partial charge in [-0.25, -0.2) is 0 Å². The van der Waals surface area contributed by atoms with E-state index in [1.54, 1.807) is 24.3 Å². The maximum Gasteiger partial charge on any atom is 0.247 e. The molecular formula is C17H20ClN3O3. The van der Waals surface area contributed by atoms with E-state index in [1.807, 2.05) is 0 Å². The second kappa shape index (κ2) is 7.32. The summed E-state index contributed by atoms with van der Waals surface area (Å²) in [5.74, 6) is 0.693. The van der Waals surface area contributed by atoms with E-state index in [2.05, 4.69) is 15.5 Å². The first kappa shape index (κ1) is 16.9. The highest BCUT2D eigenvalue weighted by Crippen LogP contribution is 2.28. The fraction of sp³-hybridized carbons (Fsp3) is 0.471. The number of aromatic nitrogens is 2. The fourth-order valence-electron chi connectivity index (χ4n) is 2.85. The van der Waals surface area contributed by atoms with Gasteiger partial charge in [0.15, 0.2) is 0 Å². The minimum Gasteiger partial charge on any atom is -0.421 e. The van der Waals surface area contributed by atoms with Crippen molar-refractivity contribution >= 4 is 17.5 Å². The summed E-state index contributed by atoms with van der Waals surface area (Å²) in [5, 5.41) is 21.6. The first-order valence-corrected chi connectivity index (χ1v) is 8.49. The molecule has 2 aromatic rings. The number of nitrogens with one attached hydrogen (secondary N) is 1. The highest BCUT2D eigenvalue weighted by Gasteiger charge is 2.31. The second-order valence-corrected chi connectivity index (χ2v) is 6.65. The molecule has 1 aliphatic carbocycles. The van der Waals surface area contributed by atoms with Crippen molar-refractivity contribution in [2.45, 2.75) is 44.1 Å². The third-order valence-electron chi connectivity index (χ3n) is 4.27. The average Bonchev–Trinajstić information content (AvgIpc) is 3.22. The Hall–Kier alpha value is -1.92. The van der Waals surface area contributed by atoms with Gasteiger partial charge in [0, 0.05) is 30.0 Å². The molecule has 0 radical (unpaired) electrons. The Balaban J connectivity index is 1.48. The fourth-order valence-corrected chi connectivity index (χ4v) is 2.97. The minimum absolute atomic E-state index is 0.124. The Morgan fingerprint density at radius 3 is 2.67 bits per heavy atom. The van der Waals surface area contributed by atoms with Crippen LogP contribution in [0.1, 0.15) is 38.0 Å². The molecule has 0 saturated heterocycles. The molecule has 24 heavy (non-hydrogen) atoms. The zero-order valence-corrected chi connectivity index (χ0v) is 14.1. The summed E-state index contributed by atoms with van der Waals surface area (Å²) >= 11 is 5.85. The summed E-state index contributed by atoms with van der Waals surface area (Å²) in [6, 6.07) is 7.10. The van der Waals surface area contributed by atoms with Gasteiger partial charge in [0.2, 0.25) is 17.7 Å². The maximum absolute atomic E-state index is 11.9. The molecule has 0 atom stereocenters. The molecule has 0 spiro atoms. The lowest BCUT2D eigenvalue weighted by Gasteiger charge is -2.22. The molecule has 0 unspecified atom stereocenters. The Morgan fingerprint density at radius 2 is 1.96 bits per heavy atom. The molecule has 6 nitrogen and oxygen atoms in total. The number of aliphatic hydroxyl groups is 1. The van der Waals surface area contributed by atoms with E-state index in [9.17, 15) is 9.90 Å². The number of benzene rings is 1. The van der Waals surface area contributed by atoms with Crippen LogP contribution in [0.25, 0.3) is 11.5 Å². The quantitative estimate of drug-likeness (QED) is 0.837. The Labute approximate surface area is 145 Å². The normalized spacial score (nSPS) is 16.2. The van der Waals surface area contributed by atoms with E-state index in [4.69, 9.17) is 16.0 Å². The van der Waals surface area contributed by atoms with Crippen LogP contribution >= 0.6 is 11.6 Å². The van der Waals surface area contributed by atoms with E-state index in [1.165, 1.54) is 0 Å². The molecule has 1 aromatic carbocycles. The third kappa shape index (κ3) is 4.33. The van der Waals surface area contributed by atoms with Crippen LogP contribution in [0, 0.1) is 0 Å². The molecule has 2 N–H and O–H groups in total. The number of hydrogen-bond donors (Lipinski definition) is 2. The van der Waals surface area contributed by atoms with Gasteiger partial charge in [0.25, 0.3) is 0 Å². The van der Waals surface area contributed by atoms with Crippen LogP contribution in [-0.2, 0) is 11.2 Å². The molecule has 1 fully saturated rings. The van der Waals surface area contributed by atoms with Crippen molar-refractivity contribution in [3.63, 3.8) is 0 Å². The van der Waals surface area contributed by atoms with Gasteiger partial charge in [-0.1, -0.05) is 24.4 Å². The number of rotatable bonds is 6. The molecule has 0 aliphatic heterocycles. The zero-order valence-electron chi connectivity index (χ0n) is 13.3. The predicted molar refractivity (Wildman–Crippen MR) is 89.5 cm³/mol. The molecule has 128 valence electrons. The number of aryl methyl sites for hydroxylation is 1. The van der Waals surface area contributed by atoms with Gasteiger partial charge in [0.05, 0.1) is 5.60 Å². The second-order valence-electron chi connectivity index (χ2n) is 6.22. The van der Waals surface area contributed by atoms with E-state index >= 15 is 0 Å². The lowest BCUT2D eigenvalue weighted by Crippen LogP contribution is -2.40. The molecular weight excluding hydrogens is 330 g/mol. The molecule has 1 saturated carbocycles. The molecule has 0 bridgehead atoms. The first-order valence-electron chi connectivity index (χ1n) is 8.11. The standard InChI is InChI=1S/C17H20ClN3O3/c18-13-5-3-12(4-6-13)16-21-20-15(24-16)8-7-14(22)19-11-17(23)9-1-2-10-17/h3-6,23H,1-2,7-11H2,(H,19,22). The summed E-state index contributed by atoms with van der Waals surface area (Å²) in [7, 11) is 0. The molecule has 1 aromatic heterocycles. The third-order valence-corrected chi connectivity index (χ3v) is 4.52. The van der Waals surface area contributed by atoms with Crippen LogP contribution in [-0.4, -0.2) is 33.4 Å². The van der Waals surface area contributed by atoms with Crippen molar-refractivity contribution in [1.82, 2.24) is 15.5 Å². The van der Waals surface area contributed by atoms with E-state index < -0.39 is 5.60 Å². The van der Waals surface area contributed by atoms with Crippen molar-refractivity contribution in [2.75, 3.05) is 6.54 Å². The van der Waals surface area contributed by atoms with E-state index in [0.717, 1.165) is 31.2 Å². The highest BCUT2D eigenvalue weighted by atomic mass is 35.5. The van der Waals surface area contributed by atoms with Crippen LogP contribution < -0.4 is 5.32 Å². The Kier molecular flexibility index (Phi) is 5.16. The maximum atomic E-state index is 11.9. The molecule has 3 rings (SSSR count). The molecule has 1 aliphatic rings. The Bertz CT molecular complexity index is 693.